The third-order valence-corrected chi connectivity index (χ3v) is 4.29. The first kappa shape index (κ1) is 13.8. The molecule has 2 aromatic rings. The van der Waals surface area contributed by atoms with Crippen LogP contribution in [-0.4, -0.2) is 13.0 Å². The van der Waals surface area contributed by atoms with E-state index in [1.54, 1.807) is 19.2 Å². The number of hydrogen-bond donors (Lipinski definition) is 1. The van der Waals surface area contributed by atoms with Gasteiger partial charge in [0.2, 0.25) is 5.91 Å². The maximum absolute atomic E-state index is 14.1. The molecule has 21 heavy (non-hydrogen) atoms. The van der Waals surface area contributed by atoms with E-state index in [1.165, 1.54) is 6.07 Å². The molecule has 1 aliphatic carbocycles. The predicted octanol–water partition coefficient (Wildman–Crippen LogP) is 3.66. The minimum absolute atomic E-state index is 0.0378. The van der Waals surface area contributed by atoms with Gasteiger partial charge in [0.05, 0.1) is 0 Å². The Kier molecular flexibility index (Phi) is 3.50. The minimum Gasteiger partial charge on any atom is -0.359 e. The monoisotopic (exact) mass is 283 g/mol. The molecule has 0 heterocycles. The Labute approximate surface area is 124 Å². The average molecular weight is 283 g/mol. The SMILES string of the molecule is CNC(=O)CC1(c2ccccc2-c2ccccc2F)CC1. The van der Waals surface area contributed by atoms with Crippen LogP contribution in [0.1, 0.15) is 24.8 Å². The van der Waals surface area contributed by atoms with Gasteiger partial charge in [-0.3, -0.25) is 4.79 Å². The van der Waals surface area contributed by atoms with Gasteiger partial charge >= 0.3 is 0 Å². The van der Waals surface area contributed by atoms with Gasteiger partial charge in [-0.2, -0.15) is 0 Å². The number of carbonyl (C=O) groups excluding carboxylic acids is 1. The Bertz CT molecular complexity index is 676. The second kappa shape index (κ2) is 5.32. The fraction of sp³-hybridized carbons (Fsp3) is 0.278. The first-order chi connectivity index (χ1) is 10.2. The number of carbonyl (C=O) groups is 1. The Morgan fingerprint density at radius 2 is 1.71 bits per heavy atom. The molecule has 108 valence electrons. The maximum atomic E-state index is 14.1. The summed E-state index contributed by atoms with van der Waals surface area (Å²) in [6.07, 6.45) is 2.42. The predicted molar refractivity (Wildman–Crippen MR) is 81.4 cm³/mol. The van der Waals surface area contributed by atoms with Crippen LogP contribution in [0.3, 0.4) is 0 Å². The van der Waals surface area contributed by atoms with Crippen molar-refractivity contribution in [2.24, 2.45) is 0 Å². The standard InChI is InChI=1S/C18H18FNO/c1-20-17(21)12-18(10-11-18)15-8-4-2-6-13(15)14-7-3-5-9-16(14)19/h2-9H,10-12H2,1H3,(H,20,21). The van der Waals surface area contributed by atoms with Crippen LogP contribution in [0.4, 0.5) is 4.39 Å². The van der Waals surface area contributed by atoms with Crippen molar-refractivity contribution >= 4 is 5.91 Å². The van der Waals surface area contributed by atoms with E-state index in [0.29, 0.717) is 12.0 Å². The summed E-state index contributed by atoms with van der Waals surface area (Å²) in [5, 5.41) is 2.69. The molecule has 1 aliphatic rings. The summed E-state index contributed by atoms with van der Waals surface area (Å²) < 4.78 is 14.1. The molecule has 0 radical (unpaired) electrons. The van der Waals surface area contributed by atoms with E-state index in [4.69, 9.17) is 0 Å². The van der Waals surface area contributed by atoms with E-state index in [-0.39, 0.29) is 17.1 Å². The second-order valence-electron chi connectivity index (χ2n) is 5.66. The van der Waals surface area contributed by atoms with Crippen molar-refractivity contribution in [2.75, 3.05) is 7.05 Å². The normalized spacial score (nSPS) is 15.5. The molecule has 2 aromatic carbocycles. The molecular formula is C18H18FNO. The smallest absolute Gasteiger partial charge is 0.220 e. The van der Waals surface area contributed by atoms with Crippen molar-refractivity contribution in [1.29, 1.82) is 0 Å². The van der Waals surface area contributed by atoms with Crippen molar-refractivity contribution in [1.82, 2.24) is 5.32 Å². The molecule has 1 fully saturated rings. The summed E-state index contributed by atoms with van der Waals surface area (Å²) in [5.41, 5.74) is 2.46. The molecule has 1 amide bonds. The van der Waals surface area contributed by atoms with Gasteiger partial charge in [-0.25, -0.2) is 4.39 Å². The van der Waals surface area contributed by atoms with E-state index in [2.05, 4.69) is 5.32 Å². The highest BCUT2D eigenvalue weighted by Gasteiger charge is 2.46. The Morgan fingerprint density at radius 3 is 2.33 bits per heavy atom. The molecule has 3 rings (SSSR count). The summed E-state index contributed by atoms with van der Waals surface area (Å²) in [6.45, 7) is 0. The van der Waals surface area contributed by atoms with Crippen LogP contribution < -0.4 is 5.32 Å². The van der Waals surface area contributed by atoms with Crippen molar-refractivity contribution < 1.29 is 9.18 Å². The lowest BCUT2D eigenvalue weighted by molar-refractivity contribution is -0.121. The van der Waals surface area contributed by atoms with Crippen LogP contribution in [0, 0.1) is 5.82 Å². The summed E-state index contributed by atoms with van der Waals surface area (Å²) >= 11 is 0. The second-order valence-corrected chi connectivity index (χ2v) is 5.66. The minimum atomic E-state index is -0.222. The summed E-state index contributed by atoms with van der Waals surface area (Å²) in [4.78, 5) is 11.8. The number of amides is 1. The fourth-order valence-electron chi connectivity index (χ4n) is 2.95. The zero-order valence-electron chi connectivity index (χ0n) is 12.0. The average Bonchev–Trinajstić information content (AvgIpc) is 3.28. The molecule has 0 saturated heterocycles. The molecule has 0 aliphatic heterocycles. The third kappa shape index (κ3) is 2.56. The lowest BCUT2D eigenvalue weighted by Crippen LogP contribution is -2.24. The van der Waals surface area contributed by atoms with Gasteiger partial charge in [-0.1, -0.05) is 42.5 Å². The van der Waals surface area contributed by atoms with Gasteiger partial charge in [0.15, 0.2) is 0 Å². The quantitative estimate of drug-likeness (QED) is 0.911. The first-order valence-electron chi connectivity index (χ1n) is 7.21. The molecule has 0 bridgehead atoms. The zero-order valence-corrected chi connectivity index (χ0v) is 12.0. The molecule has 2 nitrogen and oxygen atoms in total. The summed E-state index contributed by atoms with van der Waals surface area (Å²) in [6, 6.07) is 14.7. The highest BCUT2D eigenvalue weighted by molar-refractivity contribution is 5.79. The third-order valence-electron chi connectivity index (χ3n) is 4.29. The largest absolute Gasteiger partial charge is 0.359 e. The Hall–Kier alpha value is -2.16. The van der Waals surface area contributed by atoms with Crippen molar-refractivity contribution in [2.45, 2.75) is 24.7 Å². The molecule has 0 spiro atoms. The van der Waals surface area contributed by atoms with Gasteiger partial charge in [0.25, 0.3) is 0 Å². The van der Waals surface area contributed by atoms with E-state index in [0.717, 1.165) is 24.0 Å². The van der Waals surface area contributed by atoms with Gasteiger partial charge in [-0.15, -0.1) is 0 Å². The fourth-order valence-corrected chi connectivity index (χ4v) is 2.95. The van der Waals surface area contributed by atoms with Gasteiger partial charge < -0.3 is 5.32 Å². The van der Waals surface area contributed by atoms with Crippen molar-refractivity contribution in [3.63, 3.8) is 0 Å². The summed E-state index contributed by atoms with van der Waals surface area (Å²) in [7, 11) is 1.65. The van der Waals surface area contributed by atoms with Crippen LogP contribution in [0.2, 0.25) is 0 Å². The summed E-state index contributed by atoms with van der Waals surface area (Å²) in [5.74, 6) is -0.184. The Morgan fingerprint density at radius 1 is 1.10 bits per heavy atom. The van der Waals surface area contributed by atoms with Gasteiger partial charge in [-0.05, 0) is 30.0 Å². The van der Waals surface area contributed by atoms with Crippen LogP contribution >= 0.6 is 0 Å². The molecule has 1 N–H and O–H groups in total. The van der Waals surface area contributed by atoms with E-state index in [9.17, 15) is 9.18 Å². The highest BCUT2D eigenvalue weighted by atomic mass is 19.1. The molecule has 3 heteroatoms. The molecule has 0 aromatic heterocycles. The van der Waals surface area contributed by atoms with Crippen LogP contribution in [0.15, 0.2) is 48.5 Å². The number of nitrogens with one attached hydrogen (secondary N) is 1. The van der Waals surface area contributed by atoms with E-state index < -0.39 is 0 Å². The first-order valence-corrected chi connectivity index (χ1v) is 7.21. The van der Waals surface area contributed by atoms with E-state index in [1.807, 2.05) is 30.3 Å². The molecule has 1 saturated carbocycles. The lowest BCUT2D eigenvalue weighted by Gasteiger charge is -2.19. The zero-order chi connectivity index (χ0) is 14.9. The number of rotatable bonds is 4. The molecular weight excluding hydrogens is 265 g/mol. The van der Waals surface area contributed by atoms with Crippen LogP contribution in [0.25, 0.3) is 11.1 Å². The lowest BCUT2D eigenvalue weighted by atomic mass is 9.85. The van der Waals surface area contributed by atoms with Gasteiger partial charge in [0, 0.05) is 24.4 Å². The van der Waals surface area contributed by atoms with Crippen molar-refractivity contribution in [3.05, 3.63) is 59.9 Å². The number of halogens is 1. The maximum Gasteiger partial charge on any atom is 0.220 e. The molecule has 0 unspecified atom stereocenters. The van der Waals surface area contributed by atoms with Crippen molar-refractivity contribution in [3.8, 4) is 11.1 Å². The topological polar surface area (TPSA) is 29.1 Å². The number of benzene rings is 2. The Balaban J connectivity index is 2.05. The number of hydrogen-bond acceptors (Lipinski definition) is 1. The van der Waals surface area contributed by atoms with E-state index >= 15 is 0 Å². The highest BCUT2D eigenvalue weighted by Crippen LogP contribution is 2.53. The molecule has 0 atom stereocenters. The van der Waals surface area contributed by atoms with Crippen LogP contribution in [0.5, 0.6) is 0 Å². The van der Waals surface area contributed by atoms with Crippen LogP contribution in [-0.2, 0) is 10.2 Å². The van der Waals surface area contributed by atoms with Gasteiger partial charge in [0.1, 0.15) is 5.82 Å².